The summed E-state index contributed by atoms with van der Waals surface area (Å²) in [6, 6.07) is 0.241. The second-order valence-corrected chi connectivity index (χ2v) is 6.81. The lowest BCUT2D eigenvalue weighted by Gasteiger charge is -2.17. The third kappa shape index (κ3) is 4.36. The van der Waals surface area contributed by atoms with Crippen molar-refractivity contribution in [3.63, 3.8) is 0 Å². The van der Waals surface area contributed by atoms with E-state index in [1.165, 1.54) is 11.8 Å². The second-order valence-electron chi connectivity index (χ2n) is 5.87. The van der Waals surface area contributed by atoms with Crippen LogP contribution in [-0.4, -0.2) is 59.8 Å². The zero-order valence-corrected chi connectivity index (χ0v) is 14.5. The van der Waals surface area contributed by atoms with Crippen molar-refractivity contribution in [2.24, 2.45) is 0 Å². The van der Waals surface area contributed by atoms with E-state index in [9.17, 15) is 4.79 Å². The van der Waals surface area contributed by atoms with Crippen LogP contribution < -0.4 is 10.2 Å². The first kappa shape index (κ1) is 17.1. The number of nitrogens with one attached hydrogen (secondary N) is 1. The van der Waals surface area contributed by atoms with Crippen LogP contribution in [0.4, 0.5) is 5.95 Å². The van der Waals surface area contributed by atoms with Gasteiger partial charge in [-0.1, -0.05) is 11.8 Å². The molecule has 2 rings (SSSR count). The largest absolute Gasteiger partial charge is 0.376 e. The summed E-state index contributed by atoms with van der Waals surface area (Å²) >= 11 is 1.41. The molecule has 1 N–H and O–H groups in total. The highest BCUT2D eigenvalue weighted by Crippen LogP contribution is 2.25. The summed E-state index contributed by atoms with van der Waals surface area (Å²) in [6.07, 6.45) is 2.29. The van der Waals surface area contributed by atoms with Crippen LogP contribution >= 0.6 is 11.8 Å². The van der Waals surface area contributed by atoms with E-state index in [0.717, 1.165) is 30.6 Å². The van der Waals surface area contributed by atoms with Crippen LogP contribution in [0.25, 0.3) is 0 Å². The van der Waals surface area contributed by atoms with Crippen LogP contribution in [0, 0.1) is 0 Å². The molecule has 1 saturated heterocycles. The van der Waals surface area contributed by atoms with Crippen molar-refractivity contribution in [2.75, 3.05) is 37.9 Å². The van der Waals surface area contributed by atoms with Gasteiger partial charge in [0.15, 0.2) is 5.16 Å². The molecule has 1 aliphatic rings. The number of nitrogens with zero attached hydrogens (tertiary/aromatic N) is 4. The van der Waals surface area contributed by atoms with E-state index in [0.29, 0.717) is 12.3 Å². The van der Waals surface area contributed by atoms with Gasteiger partial charge in [0.1, 0.15) is 0 Å². The normalized spacial score (nSPS) is 18.0. The Hall–Kier alpha value is -1.28. The van der Waals surface area contributed by atoms with Crippen LogP contribution in [0.3, 0.4) is 0 Å². The molecule has 0 unspecified atom stereocenters. The number of carbonyl (C=O) groups excluding carboxylic acids is 1. The third-order valence-electron chi connectivity index (χ3n) is 3.45. The molecule has 1 aromatic rings. The van der Waals surface area contributed by atoms with Crippen molar-refractivity contribution < 1.29 is 9.53 Å². The smallest absolute Gasteiger partial charge is 0.230 e. The van der Waals surface area contributed by atoms with Gasteiger partial charge in [-0.05, 0) is 26.7 Å². The first-order valence-electron chi connectivity index (χ1n) is 7.62. The zero-order valence-electron chi connectivity index (χ0n) is 13.7. The second kappa shape index (κ2) is 7.82. The van der Waals surface area contributed by atoms with Crippen LogP contribution in [-0.2, 0) is 9.53 Å². The Bertz CT molecular complexity index is 497. The van der Waals surface area contributed by atoms with Gasteiger partial charge >= 0.3 is 0 Å². The van der Waals surface area contributed by atoms with Crippen molar-refractivity contribution in [2.45, 2.75) is 44.0 Å². The van der Waals surface area contributed by atoms with Crippen LogP contribution in [0.15, 0.2) is 5.16 Å². The Kier molecular flexibility index (Phi) is 6.07. The minimum absolute atomic E-state index is 0.00482. The maximum Gasteiger partial charge on any atom is 0.230 e. The predicted octanol–water partition coefficient (Wildman–Crippen LogP) is 1.31. The van der Waals surface area contributed by atoms with Crippen LogP contribution in [0.5, 0.6) is 0 Å². The summed E-state index contributed by atoms with van der Waals surface area (Å²) in [5.41, 5.74) is 0. The summed E-state index contributed by atoms with van der Waals surface area (Å²) in [6.45, 7) is 5.56. The van der Waals surface area contributed by atoms with Crippen LogP contribution in [0.2, 0.25) is 0 Å². The first-order chi connectivity index (χ1) is 10.5. The van der Waals surface area contributed by atoms with Gasteiger partial charge < -0.3 is 15.0 Å². The molecule has 0 radical (unpaired) electrons. The summed E-state index contributed by atoms with van der Waals surface area (Å²) in [5, 5.41) is 12.1. The van der Waals surface area contributed by atoms with E-state index >= 15 is 0 Å². The van der Waals surface area contributed by atoms with Gasteiger partial charge in [0.25, 0.3) is 0 Å². The number of ether oxygens (including phenoxy) is 1. The lowest BCUT2D eigenvalue weighted by Crippen LogP contribution is -2.33. The third-order valence-corrected chi connectivity index (χ3v) is 4.39. The Labute approximate surface area is 135 Å². The van der Waals surface area contributed by atoms with Crippen molar-refractivity contribution >= 4 is 23.6 Å². The van der Waals surface area contributed by atoms with E-state index < -0.39 is 0 Å². The molecule has 124 valence electrons. The monoisotopic (exact) mass is 327 g/mol. The summed E-state index contributed by atoms with van der Waals surface area (Å²) in [5.74, 6) is 1.15. The van der Waals surface area contributed by atoms with Gasteiger partial charge in [0, 0.05) is 33.3 Å². The topological polar surface area (TPSA) is 72.3 Å². The number of hydrogen-bond donors (Lipinski definition) is 1. The van der Waals surface area contributed by atoms with Crippen molar-refractivity contribution in [1.29, 1.82) is 0 Å². The van der Waals surface area contributed by atoms with Crippen molar-refractivity contribution in [1.82, 2.24) is 20.1 Å². The lowest BCUT2D eigenvalue weighted by molar-refractivity contribution is -0.119. The fraction of sp³-hybridized carbons (Fsp3) is 0.786. The molecule has 1 aromatic heterocycles. The molecule has 8 heteroatoms. The standard InChI is InChI=1S/C14H25N5O2S/c1-10(2)19-13(18(3)4)16-17-14(19)22-9-12(20)15-8-11-6-5-7-21-11/h10-11H,5-9H2,1-4H3,(H,15,20)/t11-/m0/s1. The molecule has 22 heavy (non-hydrogen) atoms. The SMILES string of the molecule is CC(C)n1c(SCC(=O)NC[C@@H]2CCCO2)nnc1N(C)C. The average Bonchev–Trinajstić information content (AvgIpc) is 3.11. The van der Waals surface area contributed by atoms with Crippen LogP contribution in [0.1, 0.15) is 32.7 Å². The molecule has 1 fully saturated rings. The predicted molar refractivity (Wildman–Crippen MR) is 87.4 cm³/mol. The average molecular weight is 327 g/mol. The van der Waals surface area contributed by atoms with Gasteiger partial charge in [-0.25, -0.2) is 0 Å². The Morgan fingerprint density at radius 2 is 2.27 bits per heavy atom. The van der Waals surface area contributed by atoms with E-state index in [1.807, 2.05) is 23.6 Å². The maximum atomic E-state index is 11.9. The molecular formula is C14H25N5O2S. The molecule has 1 aliphatic heterocycles. The number of hydrogen-bond acceptors (Lipinski definition) is 6. The summed E-state index contributed by atoms with van der Waals surface area (Å²) in [7, 11) is 3.87. The minimum Gasteiger partial charge on any atom is -0.376 e. The summed E-state index contributed by atoms with van der Waals surface area (Å²) in [4.78, 5) is 13.9. The lowest BCUT2D eigenvalue weighted by atomic mass is 10.2. The van der Waals surface area contributed by atoms with Crippen molar-refractivity contribution in [3.05, 3.63) is 0 Å². The van der Waals surface area contributed by atoms with Gasteiger partial charge in [0.2, 0.25) is 11.9 Å². The van der Waals surface area contributed by atoms with E-state index in [2.05, 4.69) is 29.4 Å². The number of rotatable bonds is 7. The van der Waals surface area contributed by atoms with Crippen molar-refractivity contribution in [3.8, 4) is 0 Å². The molecule has 1 atom stereocenters. The first-order valence-corrected chi connectivity index (χ1v) is 8.61. The van der Waals surface area contributed by atoms with Gasteiger partial charge in [0.05, 0.1) is 11.9 Å². The van der Waals surface area contributed by atoms with Gasteiger partial charge in [-0.3, -0.25) is 9.36 Å². The maximum absolute atomic E-state index is 11.9. The quantitative estimate of drug-likeness (QED) is 0.761. The summed E-state index contributed by atoms with van der Waals surface area (Å²) < 4.78 is 7.53. The molecule has 0 spiro atoms. The zero-order chi connectivity index (χ0) is 16.1. The number of carbonyl (C=O) groups is 1. The Morgan fingerprint density at radius 3 is 2.86 bits per heavy atom. The number of anilines is 1. The molecule has 1 amide bonds. The van der Waals surface area contributed by atoms with Gasteiger partial charge in [-0.15, -0.1) is 10.2 Å². The molecule has 0 saturated carbocycles. The number of amides is 1. The van der Waals surface area contributed by atoms with E-state index in [-0.39, 0.29) is 18.1 Å². The molecule has 7 nitrogen and oxygen atoms in total. The number of aromatic nitrogens is 3. The fourth-order valence-corrected chi connectivity index (χ4v) is 3.23. The molecular weight excluding hydrogens is 302 g/mol. The Morgan fingerprint density at radius 1 is 1.50 bits per heavy atom. The fourth-order valence-electron chi connectivity index (χ4n) is 2.34. The van der Waals surface area contributed by atoms with E-state index in [1.54, 1.807) is 0 Å². The highest BCUT2D eigenvalue weighted by molar-refractivity contribution is 7.99. The highest BCUT2D eigenvalue weighted by atomic mass is 32.2. The molecule has 2 heterocycles. The number of thioether (sulfide) groups is 1. The minimum atomic E-state index is 0.00482. The molecule has 0 bridgehead atoms. The molecule has 0 aromatic carbocycles. The Balaban J connectivity index is 1.86. The highest BCUT2D eigenvalue weighted by Gasteiger charge is 2.19. The molecule has 0 aliphatic carbocycles. The van der Waals surface area contributed by atoms with Gasteiger partial charge in [-0.2, -0.15) is 0 Å². The van der Waals surface area contributed by atoms with E-state index in [4.69, 9.17) is 4.74 Å².